The summed E-state index contributed by atoms with van der Waals surface area (Å²) in [4.78, 5) is 11.8. The first-order valence-electron chi connectivity index (χ1n) is 7.06. The van der Waals surface area contributed by atoms with Crippen LogP contribution in [0.1, 0.15) is 65.7 Å². The minimum atomic E-state index is -0.128. The van der Waals surface area contributed by atoms with Crippen molar-refractivity contribution in [3.05, 3.63) is 0 Å². The molecular formula is C14H29NO2. The number of aliphatic hydroxyl groups excluding tert-OH is 1. The Bertz CT molecular complexity index is 195. The molecule has 0 saturated heterocycles. The molecular weight excluding hydrogens is 214 g/mol. The van der Waals surface area contributed by atoms with Gasteiger partial charge in [-0.1, -0.05) is 46.0 Å². The molecule has 0 heterocycles. The highest BCUT2D eigenvalue weighted by Gasteiger charge is 2.17. The third kappa shape index (κ3) is 8.19. The van der Waals surface area contributed by atoms with Gasteiger partial charge in [0.25, 0.3) is 0 Å². The number of unbranched alkanes of at least 4 members (excludes halogenated alkanes) is 4. The van der Waals surface area contributed by atoms with Crippen molar-refractivity contribution in [3.63, 3.8) is 0 Å². The van der Waals surface area contributed by atoms with Gasteiger partial charge in [0.2, 0.25) is 5.91 Å². The van der Waals surface area contributed by atoms with E-state index in [1.165, 1.54) is 25.7 Å². The number of rotatable bonds is 10. The van der Waals surface area contributed by atoms with Crippen LogP contribution in [0, 0.1) is 5.92 Å². The van der Waals surface area contributed by atoms with Gasteiger partial charge >= 0.3 is 0 Å². The van der Waals surface area contributed by atoms with Crippen LogP contribution in [0.3, 0.4) is 0 Å². The average molecular weight is 243 g/mol. The Balaban J connectivity index is 3.77. The third-order valence-electron chi connectivity index (χ3n) is 3.18. The number of hydrogen-bond acceptors (Lipinski definition) is 2. The second kappa shape index (κ2) is 10.6. The Morgan fingerprint density at radius 3 is 2.35 bits per heavy atom. The number of amides is 1. The molecule has 0 fully saturated rings. The highest BCUT2D eigenvalue weighted by Crippen LogP contribution is 2.15. The van der Waals surface area contributed by atoms with Crippen molar-refractivity contribution in [2.75, 3.05) is 6.61 Å². The predicted octanol–water partition coefficient (Wildman–Crippen LogP) is 2.87. The van der Waals surface area contributed by atoms with Gasteiger partial charge in [-0.25, -0.2) is 0 Å². The standard InChI is InChI=1S/C14H29NO2/c1-4-6-7-8-9-10-13(5-2)14(17)15-12(3)11-16/h12-13,16H,4-11H2,1-3H3,(H,15,17). The van der Waals surface area contributed by atoms with Crippen LogP contribution >= 0.6 is 0 Å². The molecule has 0 aromatic carbocycles. The topological polar surface area (TPSA) is 49.3 Å². The van der Waals surface area contributed by atoms with Crippen molar-refractivity contribution in [3.8, 4) is 0 Å². The monoisotopic (exact) mass is 243 g/mol. The van der Waals surface area contributed by atoms with Crippen molar-refractivity contribution >= 4 is 5.91 Å². The Hall–Kier alpha value is -0.570. The largest absolute Gasteiger partial charge is 0.394 e. The molecule has 0 radical (unpaired) electrons. The summed E-state index contributed by atoms with van der Waals surface area (Å²) in [6.45, 7) is 6.10. The summed E-state index contributed by atoms with van der Waals surface area (Å²) in [6.07, 6.45) is 8.06. The lowest BCUT2D eigenvalue weighted by Gasteiger charge is -2.17. The first kappa shape index (κ1) is 16.4. The summed E-state index contributed by atoms with van der Waals surface area (Å²) in [7, 11) is 0. The summed E-state index contributed by atoms with van der Waals surface area (Å²) >= 11 is 0. The van der Waals surface area contributed by atoms with Gasteiger partial charge in [-0.2, -0.15) is 0 Å². The fourth-order valence-electron chi connectivity index (χ4n) is 1.92. The highest BCUT2D eigenvalue weighted by molar-refractivity contribution is 5.78. The Labute approximate surface area is 106 Å². The second-order valence-corrected chi connectivity index (χ2v) is 4.90. The van der Waals surface area contributed by atoms with Gasteiger partial charge in [-0.05, 0) is 19.8 Å². The SMILES string of the molecule is CCCCCCCC(CC)C(=O)NC(C)CO. The van der Waals surface area contributed by atoms with Crippen LogP contribution in [-0.4, -0.2) is 23.7 Å². The number of aliphatic hydroxyl groups is 1. The van der Waals surface area contributed by atoms with Crippen LogP contribution in [0.2, 0.25) is 0 Å². The predicted molar refractivity (Wildman–Crippen MR) is 71.8 cm³/mol. The molecule has 2 atom stereocenters. The summed E-state index contributed by atoms with van der Waals surface area (Å²) < 4.78 is 0. The molecule has 0 aliphatic carbocycles. The lowest BCUT2D eigenvalue weighted by Crippen LogP contribution is -2.39. The van der Waals surface area contributed by atoms with E-state index in [1.807, 2.05) is 6.92 Å². The third-order valence-corrected chi connectivity index (χ3v) is 3.18. The Morgan fingerprint density at radius 2 is 1.82 bits per heavy atom. The Morgan fingerprint density at radius 1 is 1.18 bits per heavy atom. The maximum absolute atomic E-state index is 11.8. The smallest absolute Gasteiger partial charge is 0.223 e. The van der Waals surface area contributed by atoms with E-state index >= 15 is 0 Å². The molecule has 1 amide bonds. The van der Waals surface area contributed by atoms with E-state index in [9.17, 15) is 4.79 Å². The van der Waals surface area contributed by atoms with Gasteiger partial charge in [-0.3, -0.25) is 4.79 Å². The van der Waals surface area contributed by atoms with Crippen molar-refractivity contribution in [2.24, 2.45) is 5.92 Å². The van der Waals surface area contributed by atoms with Gasteiger partial charge in [0, 0.05) is 12.0 Å². The second-order valence-electron chi connectivity index (χ2n) is 4.90. The molecule has 0 bridgehead atoms. The zero-order chi connectivity index (χ0) is 13.1. The van der Waals surface area contributed by atoms with Gasteiger partial charge < -0.3 is 10.4 Å². The van der Waals surface area contributed by atoms with E-state index in [4.69, 9.17) is 5.11 Å². The summed E-state index contributed by atoms with van der Waals surface area (Å²) in [5.74, 6) is 0.218. The molecule has 102 valence electrons. The van der Waals surface area contributed by atoms with Crippen LogP contribution < -0.4 is 5.32 Å². The fourth-order valence-corrected chi connectivity index (χ4v) is 1.92. The number of carbonyl (C=O) groups excluding carboxylic acids is 1. The van der Waals surface area contributed by atoms with E-state index in [-0.39, 0.29) is 24.5 Å². The highest BCUT2D eigenvalue weighted by atomic mass is 16.3. The van der Waals surface area contributed by atoms with Crippen LogP contribution in [0.15, 0.2) is 0 Å². The molecule has 3 heteroatoms. The molecule has 2 N–H and O–H groups in total. The summed E-state index contributed by atoms with van der Waals surface area (Å²) in [5, 5.41) is 11.7. The van der Waals surface area contributed by atoms with Crippen LogP contribution in [0.5, 0.6) is 0 Å². The van der Waals surface area contributed by atoms with Crippen molar-refractivity contribution in [1.29, 1.82) is 0 Å². The maximum atomic E-state index is 11.8. The lowest BCUT2D eigenvalue weighted by molar-refractivity contribution is -0.126. The molecule has 0 rings (SSSR count). The zero-order valence-electron chi connectivity index (χ0n) is 11.7. The number of carbonyl (C=O) groups is 1. The summed E-state index contributed by atoms with van der Waals surface area (Å²) in [6, 6.07) is -0.128. The minimum Gasteiger partial charge on any atom is -0.394 e. The molecule has 3 nitrogen and oxygen atoms in total. The number of hydrogen-bond donors (Lipinski definition) is 2. The fraction of sp³-hybridized carbons (Fsp3) is 0.929. The Kier molecular flexibility index (Phi) is 10.2. The minimum absolute atomic E-state index is 0.0126. The first-order valence-corrected chi connectivity index (χ1v) is 7.06. The van der Waals surface area contributed by atoms with E-state index in [1.54, 1.807) is 0 Å². The van der Waals surface area contributed by atoms with E-state index < -0.39 is 0 Å². The molecule has 0 aliphatic heterocycles. The van der Waals surface area contributed by atoms with E-state index in [2.05, 4.69) is 19.2 Å². The maximum Gasteiger partial charge on any atom is 0.223 e. The van der Waals surface area contributed by atoms with Crippen LogP contribution in [0.25, 0.3) is 0 Å². The van der Waals surface area contributed by atoms with Crippen LogP contribution in [0.4, 0.5) is 0 Å². The van der Waals surface area contributed by atoms with Gasteiger partial charge in [-0.15, -0.1) is 0 Å². The van der Waals surface area contributed by atoms with Crippen molar-refractivity contribution in [2.45, 2.75) is 71.8 Å². The molecule has 0 spiro atoms. The quantitative estimate of drug-likeness (QED) is 0.580. The van der Waals surface area contributed by atoms with E-state index in [0.29, 0.717) is 0 Å². The van der Waals surface area contributed by atoms with Crippen molar-refractivity contribution < 1.29 is 9.90 Å². The molecule has 0 aromatic rings. The normalized spacial score (nSPS) is 14.4. The van der Waals surface area contributed by atoms with Gasteiger partial charge in [0.1, 0.15) is 0 Å². The molecule has 0 aromatic heterocycles. The molecule has 17 heavy (non-hydrogen) atoms. The van der Waals surface area contributed by atoms with Gasteiger partial charge in [0.15, 0.2) is 0 Å². The lowest BCUT2D eigenvalue weighted by atomic mass is 9.97. The first-order chi connectivity index (χ1) is 8.15. The molecule has 0 saturated carbocycles. The zero-order valence-corrected chi connectivity index (χ0v) is 11.7. The average Bonchev–Trinajstić information content (AvgIpc) is 2.33. The molecule has 0 aliphatic rings. The van der Waals surface area contributed by atoms with Crippen molar-refractivity contribution in [1.82, 2.24) is 5.32 Å². The number of nitrogens with one attached hydrogen (secondary N) is 1. The summed E-state index contributed by atoms with van der Waals surface area (Å²) in [5.41, 5.74) is 0. The van der Waals surface area contributed by atoms with Gasteiger partial charge in [0.05, 0.1) is 6.61 Å². The molecule has 2 unspecified atom stereocenters. The van der Waals surface area contributed by atoms with E-state index in [0.717, 1.165) is 19.3 Å². The van der Waals surface area contributed by atoms with Crippen LogP contribution in [-0.2, 0) is 4.79 Å².